The van der Waals surface area contributed by atoms with E-state index in [1.807, 2.05) is 20.8 Å². The van der Waals surface area contributed by atoms with Crippen LogP contribution in [0.15, 0.2) is 18.2 Å². The Labute approximate surface area is 119 Å². The van der Waals surface area contributed by atoms with Gasteiger partial charge in [0.05, 0.1) is 30.9 Å². The second kappa shape index (κ2) is 5.71. The summed E-state index contributed by atoms with van der Waals surface area (Å²) in [4.78, 5) is 12.4. The number of hydrogen-bond acceptors (Lipinski definition) is 4. The van der Waals surface area contributed by atoms with E-state index in [2.05, 4.69) is 5.32 Å². The van der Waals surface area contributed by atoms with E-state index in [-0.39, 0.29) is 30.0 Å². The van der Waals surface area contributed by atoms with Gasteiger partial charge < -0.3 is 20.5 Å². The lowest BCUT2D eigenvalue weighted by Crippen LogP contribution is -2.31. The number of anilines is 2. The van der Waals surface area contributed by atoms with Gasteiger partial charge in [0.1, 0.15) is 5.75 Å². The molecule has 0 saturated carbocycles. The summed E-state index contributed by atoms with van der Waals surface area (Å²) in [5.74, 6) is 0.579. The maximum Gasteiger partial charge on any atom is 0.230 e. The zero-order chi connectivity index (χ0) is 14.9. The summed E-state index contributed by atoms with van der Waals surface area (Å²) >= 11 is 0. The van der Waals surface area contributed by atoms with Gasteiger partial charge in [-0.1, -0.05) is 6.92 Å². The fourth-order valence-electron chi connectivity index (χ4n) is 2.73. The third-order valence-electron chi connectivity index (χ3n) is 4.05. The lowest BCUT2D eigenvalue weighted by Gasteiger charge is -2.18. The quantitative estimate of drug-likeness (QED) is 0.832. The number of nitrogen functional groups attached to an aromatic ring is 1. The molecule has 20 heavy (non-hydrogen) atoms. The molecule has 0 spiro atoms. The van der Waals surface area contributed by atoms with Gasteiger partial charge in [-0.3, -0.25) is 4.79 Å². The highest BCUT2D eigenvalue weighted by Gasteiger charge is 2.41. The van der Waals surface area contributed by atoms with Crippen molar-refractivity contribution in [1.82, 2.24) is 0 Å². The minimum absolute atomic E-state index is 0.0267. The zero-order valence-electron chi connectivity index (χ0n) is 12.3. The molecule has 0 aliphatic carbocycles. The third-order valence-corrected chi connectivity index (χ3v) is 4.05. The monoisotopic (exact) mass is 278 g/mol. The molecule has 110 valence electrons. The fraction of sp³-hybridized carbons (Fsp3) is 0.533. The molecule has 1 aromatic rings. The molecular weight excluding hydrogens is 256 g/mol. The van der Waals surface area contributed by atoms with Crippen LogP contribution in [0.5, 0.6) is 5.75 Å². The Hall–Kier alpha value is -1.75. The molecule has 4 unspecified atom stereocenters. The average molecular weight is 278 g/mol. The molecule has 1 heterocycles. The summed E-state index contributed by atoms with van der Waals surface area (Å²) in [7, 11) is 1.55. The number of amides is 1. The first kappa shape index (κ1) is 14.7. The van der Waals surface area contributed by atoms with Crippen LogP contribution >= 0.6 is 0 Å². The van der Waals surface area contributed by atoms with Crippen LogP contribution in [0.3, 0.4) is 0 Å². The number of carbonyl (C=O) groups excluding carboxylic acids is 1. The van der Waals surface area contributed by atoms with Crippen molar-refractivity contribution in [3.63, 3.8) is 0 Å². The summed E-state index contributed by atoms with van der Waals surface area (Å²) in [6.45, 7) is 5.98. The number of nitrogens with two attached hydrogens (primary N) is 1. The Bertz CT molecular complexity index is 504. The van der Waals surface area contributed by atoms with Crippen LogP contribution < -0.4 is 15.8 Å². The third kappa shape index (κ3) is 2.72. The molecule has 1 fully saturated rings. The number of hydrogen-bond donors (Lipinski definition) is 2. The normalized spacial score (nSPS) is 29.2. The van der Waals surface area contributed by atoms with E-state index >= 15 is 0 Å². The molecule has 1 saturated heterocycles. The fourth-order valence-corrected chi connectivity index (χ4v) is 2.73. The van der Waals surface area contributed by atoms with Crippen LogP contribution in [0.1, 0.15) is 20.8 Å². The topological polar surface area (TPSA) is 73.6 Å². The van der Waals surface area contributed by atoms with Crippen LogP contribution in [0.4, 0.5) is 11.4 Å². The largest absolute Gasteiger partial charge is 0.495 e. The standard InChI is InChI=1S/C15H22N2O3/c1-8-9(2)20-10(3)14(8)15(18)17-11-5-6-12(16)13(7-11)19-4/h5-10,14H,16H2,1-4H3,(H,17,18). The predicted octanol–water partition coefficient (Wildman–Crippen LogP) is 2.28. The molecule has 0 radical (unpaired) electrons. The Morgan fingerprint density at radius 3 is 2.55 bits per heavy atom. The van der Waals surface area contributed by atoms with Crippen LogP contribution in [0.25, 0.3) is 0 Å². The van der Waals surface area contributed by atoms with Crippen molar-refractivity contribution in [1.29, 1.82) is 0 Å². The highest BCUT2D eigenvalue weighted by molar-refractivity contribution is 5.93. The minimum atomic E-state index is -0.145. The lowest BCUT2D eigenvalue weighted by molar-refractivity contribution is -0.121. The molecule has 2 rings (SSSR count). The number of ether oxygens (including phenoxy) is 2. The second-order valence-electron chi connectivity index (χ2n) is 5.38. The van der Waals surface area contributed by atoms with Crippen molar-refractivity contribution < 1.29 is 14.3 Å². The Morgan fingerprint density at radius 2 is 2.00 bits per heavy atom. The van der Waals surface area contributed by atoms with Gasteiger partial charge in [0, 0.05) is 11.8 Å². The summed E-state index contributed by atoms with van der Waals surface area (Å²) in [6.07, 6.45) is 0.0254. The van der Waals surface area contributed by atoms with E-state index in [0.29, 0.717) is 17.1 Å². The molecule has 1 aliphatic heterocycles. The van der Waals surface area contributed by atoms with Crippen LogP contribution in [0.2, 0.25) is 0 Å². The summed E-state index contributed by atoms with van der Waals surface area (Å²) < 4.78 is 10.9. The highest BCUT2D eigenvalue weighted by atomic mass is 16.5. The molecule has 4 atom stereocenters. The molecule has 1 amide bonds. The Kier molecular flexibility index (Phi) is 4.18. The van der Waals surface area contributed by atoms with Crippen LogP contribution in [-0.4, -0.2) is 25.2 Å². The highest BCUT2D eigenvalue weighted by Crippen LogP contribution is 2.33. The molecule has 0 bridgehead atoms. The van der Waals surface area contributed by atoms with Crippen molar-refractivity contribution in [3.05, 3.63) is 18.2 Å². The smallest absolute Gasteiger partial charge is 0.230 e. The van der Waals surface area contributed by atoms with E-state index in [1.165, 1.54) is 0 Å². The van der Waals surface area contributed by atoms with E-state index in [0.717, 1.165) is 0 Å². The van der Waals surface area contributed by atoms with Gasteiger partial charge in [-0.15, -0.1) is 0 Å². The molecule has 5 nitrogen and oxygen atoms in total. The number of nitrogens with one attached hydrogen (secondary N) is 1. The first-order chi connectivity index (χ1) is 9.43. The molecule has 0 aromatic heterocycles. The van der Waals surface area contributed by atoms with Crippen molar-refractivity contribution in [2.24, 2.45) is 11.8 Å². The van der Waals surface area contributed by atoms with E-state index in [4.69, 9.17) is 15.2 Å². The first-order valence-corrected chi connectivity index (χ1v) is 6.84. The molecule has 3 N–H and O–H groups in total. The minimum Gasteiger partial charge on any atom is -0.495 e. The lowest BCUT2D eigenvalue weighted by atomic mass is 9.89. The van der Waals surface area contributed by atoms with Gasteiger partial charge in [-0.2, -0.15) is 0 Å². The van der Waals surface area contributed by atoms with E-state index in [1.54, 1.807) is 25.3 Å². The molecule has 1 aliphatic rings. The van der Waals surface area contributed by atoms with Gasteiger partial charge in [-0.25, -0.2) is 0 Å². The summed E-state index contributed by atoms with van der Waals surface area (Å²) in [5, 5.41) is 2.91. The van der Waals surface area contributed by atoms with Crippen LogP contribution in [-0.2, 0) is 9.53 Å². The molecule has 1 aromatic carbocycles. The number of benzene rings is 1. The predicted molar refractivity (Wildman–Crippen MR) is 78.7 cm³/mol. The SMILES string of the molecule is COc1cc(NC(=O)C2C(C)OC(C)C2C)ccc1N. The van der Waals surface area contributed by atoms with Crippen molar-refractivity contribution in [2.45, 2.75) is 33.0 Å². The van der Waals surface area contributed by atoms with E-state index in [9.17, 15) is 4.79 Å². The van der Waals surface area contributed by atoms with Crippen molar-refractivity contribution in [2.75, 3.05) is 18.2 Å². The van der Waals surface area contributed by atoms with Gasteiger partial charge in [0.25, 0.3) is 0 Å². The Balaban J connectivity index is 2.12. The Morgan fingerprint density at radius 1 is 1.30 bits per heavy atom. The first-order valence-electron chi connectivity index (χ1n) is 6.84. The number of methoxy groups -OCH3 is 1. The average Bonchev–Trinajstić information content (AvgIpc) is 2.65. The zero-order valence-corrected chi connectivity index (χ0v) is 12.3. The summed E-state index contributed by atoms with van der Waals surface area (Å²) in [6, 6.07) is 5.21. The van der Waals surface area contributed by atoms with Crippen molar-refractivity contribution >= 4 is 17.3 Å². The second-order valence-corrected chi connectivity index (χ2v) is 5.38. The van der Waals surface area contributed by atoms with Gasteiger partial charge in [0.15, 0.2) is 0 Å². The van der Waals surface area contributed by atoms with Gasteiger partial charge >= 0.3 is 0 Å². The van der Waals surface area contributed by atoms with E-state index < -0.39 is 0 Å². The molecule has 5 heteroatoms. The molecular formula is C15H22N2O3. The van der Waals surface area contributed by atoms with Crippen molar-refractivity contribution in [3.8, 4) is 5.75 Å². The number of carbonyl (C=O) groups is 1. The summed E-state index contributed by atoms with van der Waals surface area (Å²) in [5.41, 5.74) is 6.98. The van der Waals surface area contributed by atoms with Gasteiger partial charge in [0.2, 0.25) is 5.91 Å². The van der Waals surface area contributed by atoms with Crippen LogP contribution in [0, 0.1) is 11.8 Å². The maximum atomic E-state index is 12.4. The number of rotatable bonds is 3. The maximum absolute atomic E-state index is 12.4. The van der Waals surface area contributed by atoms with Gasteiger partial charge in [-0.05, 0) is 31.9 Å².